The molecule has 108 valence electrons. The lowest BCUT2D eigenvalue weighted by atomic mass is 9.92. The van der Waals surface area contributed by atoms with Crippen molar-refractivity contribution >= 4 is 0 Å². The molecule has 4 heteroatoms. The van der Waals surface area contributed by atoms with E-state index < -0.39 is 0 Å². The molecule has 0 saturated carbocycles. The zero-order valence-corrected chi connectivity index (χ0v) is 12.4. The van der Waals surface area contributed by atoms with Crippen molar-refractivity contribution in [1.82, 2.24) is 15.1 Å². The van der Waals surface area contributed by atoms with Crippen molar-refractivity contribution in [2.75, 3.05) is 13.2 Å². The molecule has 1 saturated heterocycles. The van der Waals surface area contributed by atoms with Gasteiger partial charge in [0.15, 0.2) is 0 Å². The highest BCUT2D eigenvalue weighted by Gasteiger charge is 2.29. The van der Waals surface area contributed by atoms with Gasteiger partial charge in [0.2, 0.25) is 0 Å². The van der Waals surface area contributed by atoms with E-state index >= 15 is 0 Å². The zero-order chi connectivity index (χ0) is 13.7. The Labute approximate surface area is 116 Å². The Hall–Kier alpha value is -0.870. The van der Waals surface area contributed by atoms with E-state index in [0.29, 0.717) is 18.1 Å². The maximum atomic E-state index is 5.73. The summed E-state index contributed by atoms with van der Waals surface area (Å²) in [5.74, 6) is 0.662. The Balaban J connectivity index is 1.88. The first-order valence-electron chi connectivity index (χ1n) is 7.52. The van der Waals surface area contributed by atoms with Crippen LogP contribution >= 0.6 is 0 Å². The van der Waals surface area contributed by atoms with Gasteiger partial charge in [0.1, 0.15) is 0 Å². The number of hydrogen-bond acceptors (Lipinski definition) is 3. The molecule has 2 rings (SSSR count). The molecule has 0 aromatic carbocycles. The second kappa shape index (κ2) is 7.06. The third kappa shape index (κ3) is 4.05. The third-order valence-electron chi connectivity index (χ3n) is 4.09. The molecule has 1 aromatic heterocycles. The highest BCUT2D eigenvalue weighted by Crippen LogP contribution is 2.24. The van der Waals surface area contributed by atoms with E-state index in [-0.39, 0.29) is 0 Å². The maximum absolute atomic E-state index is 5.73. The number of aryl methyl sites for hydroxylation is 2. The van der Waals surface area contributed by atoms with E-state index in [0.717, 1.165) is 19.6 Å². The summed E-state index contributed by atoms with van der Waals surface area (Å²) in [5, 5.41) is 7.94. The first kappa shape index (κ1) is 14.5. The van der Waals surface area contributed by atoms with E-state index in [1.54, 1.807) is 0 Å². The molecule has 3 unspecified atom stereocenters. The Morgan fingerprint density at radius 3 is 3.00 bits per heavy atom. The normalized spacial score (nSPS) is 24.8. The molecule has 0 aliphatic carbocycles. The van der Waals surface area contributed by atoms with Gasteiger partial charge in [-0.05, 0) is 45.2 Å². The summed E-state index contributed by atoms with van der Waals surface area (Å²) in [4.78, 5) is 0. The SMILES string of the molecule is CCCNC(CCc1ccnn1C)C1COC(C)C1. The van der Waals surface area contributed by atoms with E-state index in [1.165, 1.54) is 25.0 Å². The van der Waals surface area contributed by atoms with Gasteiger partial charge >= 0.3 is 0 Å². The van der Waals surface area contributed by atoms with Gasteiger partial charge in [0.05, 0.1) is 12.7 Å². The molecule has 3 atom stereocenters. The largest absolute Gasteiger partial charge is 0.378 e. The third-order valence-corrected chi connectivity index (χ3v) is 4.09. The summed E-state index contributed by atoms with van der Waals surface area (Å²) in [6.07, 6.45) is 6.93. The molecule has 0 bridgehead atoms. The molecule has 0 amide bonds. The highest BCUT2D eigenvalue weighted by atomic mass is 16.5. The number of ether oxygens (including phenoxy) is 1. The molecule has 1 aliphatic heterocycles. The minimum absolute atomic E-state index is 0.424. The number of aromatic nitrogens is 2. The van der Waals surface area contributed by atoms with Crippen LogP contribution in [0.4, 0.5) is 0 Å². The van der Waals surface area contributed by atoms with Crippen LogP contribution in [-0.2, 0) is 18.2 Å². The van der Waals surface area contributed by atoms with E-state index in [4.69, 9.17) is 4.74 Å². The van der Waals surface area contributed by atoms with E-state index in [9.17, 15) is 0 Å². The topological polar surface area (TPSA) is 39.1 Å². The average Bonchev–Trinajstić information content (AvgIpc) is 2.99. The van der Waals surface area contributed by atoms with Crippen LogP contribution in [0.5, 0.6) is 0 Å². The van der Waals surface area contributed by atoms with Gasteiger partial charge in [-0.3, -0.25) is 4.68 Å². The molecule has 1 N–H and O–H groups in total. The lowest BCUT2D eigenvalue weighted by Crippen LogP contribution is -2.37. The van der Waals surface area contributed by atoms with Gasteiger partial charge in [-0.25, -0.2) is 0 Å². The van der Waals surface area contributed by atoms with Gasteiger partial charge in [0.25, 0.3) is 0 Å². The van der Waals surface area contributed by atoms with E-state index in [1.807, 2.05) is 17.9 Å². The Bertz CT molecular complexity index is 377. The number of hydrogen-bond donors (Lipinski definition) is 1. The Morgan fingerprint density at radius 2 is 2.42 bits per heavy atom. The van der Waals surface area contributed by atoms with Crippen molar-refractivity contribution in [3.63, 3.8) is 0 Å². The molecule has 1 aliphatic rings. The first-order chi connectivity index (χ1) is 9.20. The summed E-state index contributed by atoms with van der Waals surface area (Å²) in [6.45, 7) is 6.41. The monoisotopic (exact) mass is 265 g/mol. The van der Waals surface area contributed by atoms with Crippen LogP contribution in [0.3, 0.4) is 0 Å². The fourth-order valence-corrected chi connectivity index (χ4v) is 2.91. The average molecular weight is 265 g/mol. The van der Waals surface area contributed by atoms with Crippen LogP contribution in [0, 0.1) is 5.92 Å². The molecule has 1 fully saturated rings. The molecular weight excluding hydrogens is 238 g/mol. The first-order valence-corrected chi connectivity index (χ1v) is 7.52. The van der Waals surface area contributed by atoms with Crippen molar-refractivity contribution in [1.29, 1.82) is 0 Å². The van der Waals surface area contributed by atoms with E-state index in [2.05, 4.69) is 30.3 Å². The molecule has 0 spiro atoms. The molecule has 1 aromatic rings. The summed E-state index contributed by atoms with van der Waals surface area (Å²) < 4.78 is 7.71. The Morgan fingerprint density at radius 1 is 1.58 bits per heavy atom. The molecule has 4 nitrogen and oxygen atoms in total. The summed E-state index contributed by atoms with van der Waals surface area (Å²) in [6, 6.07) is 2.68. The van der Waals surface area contributed by atoms with Crippen LogP contribution in [0.15, 0.2) is 12.3 Å². The minimum Gasteiger partial charge on any atom is -0.378 e. The fourth-order valence-electron chi connectivity index (χ4n) is 2.91. The van der Waals surface area contributed by atoms with Crippen LogP contribution in [0.25, 0.3) is 0 Å². The number of rotatable bonds is 7. The quantitative estimate of drug-likeness (QED) is 0.821. The van der Waals surface area contributed by atoms with Gasteiger partial charge in [0, 0.05) is 30.9 Å². The predicted octanol–water partition coefficient (Wildman–Crippen LogP) is 2.15. The standard InChI is InChI=1S/C15H27N3O/c1-4-8-16-15(13-10-12(2)19-11-13)6-5-14-7-9-17-18(14)3/h7,9,12-13,15-16H,4-6,8,10-11H2,1-3H3. The molecule has 0 radical (unpaired) electrons. The zero-order valence-electron chi connectivity index (χ0n) is 12.4. The Kier molecular flexibility index (Phi) is 5.40. The molecular formula is C15H27N3O. The van der Waals surface area contributed by atoms with Crippen molar-refractivity contribution in [2.24, 2.45) is 13.0 Å². The van der Waals surface area contributed by atoms with Gasteiger partial charge < -0.3 is 10.1 Å². The lowest BCUT2D eigenvalue weighted by Gasteiger charge is -2.24. The van der Waals surface area contributed by atoms with Crippen LogP contribution in [-0.4, -0.2) is 35.1 Å². The fraction of sp³-hybridized carbons (Fsp3) is 0.800. The van der Waals surface area contributed by atoms with Crippen LogP contribution in [0.2, 0.25) is 0 Å². The van der Waals surface area contributed by atoms with Crippen molar-refractivity contribution < 1.29 is 4.74 Å². The van der Waals surface area contributed by atoms with Crippen LogP contribution < -0.4 is 5.32 Å². The smallest absolute Gasteiger partial charge is 0.0551 e. The molecule has 2 heterocycles. The lowest BCUT2D eigenvalue weighted by molar-refractivity contribution is 0.116. The minimum atomic E-state index is 0.424. The van der Waals surface area contributed by atoms with Crippen molar-refractivity contribution in [3.8, 4) is 0 Å². The maximum Gasteiger partial charge on any atom is 0.0551 e. The summed E-state index contributed by atoms with van der Waals surface area (Å²) >= 11 is 0. The number of nitrogens with one attached hydrogen (secondary N) is 1. The van der Waals surface area contributed by atoms with Crippen molar-refractivity contribution in [3.05, 3.63) is 18.0 Å². The number of nitrogens with zero attached hydrogens (tertiary/aromatic N) is 2. The van der Waals surface area contributed by atoms with Crippen molar-refractivity contribution in [2.45, 2.75) is 51.7 Å². The second-order valence-electron chi connectivity index (χ2n) is 5.69. The van der Waals surface area contributed by atoms with Gasteiger partial charge in [-0.15, -0.1) is 0 Å². The van der Waals surface area contributed by atoms with Gasteiger partial charge in [-0.1, -0.05) is 6.92 Å². The second-order valence-corrected chi connectivity index (χ2v) is 5.69. The highest BCUT2D eigenvalue weighted by molar-refractivity contribution is 5.01. The molecule has 19 heavy (non-hydrogen) atoms. The van der Waals surface area contributed by atoms with Crippen LogP contribution in [0.1, 0.15) is 38.8 Å². The summed E-state index contributed by atoms with van der Waals surface area (Å²) in [5.41, 5.74) is 1.32. The summed E-state index contributed by atoms with van der Waals surface area (Å²) in [7, 11) is 2.02. The van der Waals surface area contributed by atoms with Gasteiger partial charge in [-0.2, -0.15) is 5.10 Å². The predicted molar refractivity (Wildman–Crippen MR) is 77.1 cm³/mol.